The number of thiazole rings is 1. The molecular weight excluding hydrogens is 454 g/mol. The van der Waals surface area contributed by atoms with Crippen molar-refractivity contribution >= 4 is 51.8 Å². The van der Waals surface area contributed by atoms with E-state index in [-0.39, 0.29) is 17.8 Å². The molecule has 168 valence electrons. The Balaban J connectivity index is 1.61. The smallest absolute Gasteiger partial charge is 0.323 e. The third kappa shape index (κ3) is 7.70. The van der Waals surface area contributed by atoms with Gasteiger partial charge in [0.1, 0.15) is 0 Å². The molecule has 0 spiro atoms. The predicted octanol–water partition coefficient (Wildman–Crippen LogP) is 6.02. The van der Waals surface area contributed by atoms with Gasteiger partial charge in [-0.05, 0) is 62.1 Å². The summed E-state index contributed by atoms with van der Waals surface area (Å²) in [6, 6.07) is 7.95. The van der Waals surface area contributed by atoms with Crippen molar-refractivity contribution in [2.45, 2.75) is 55.7 Å². The highest BCUT2D eigenvalue weighted by molar-refractivity contribution is 8.01. The lowest BCUT2D eigenvalue weighted by Crippen LogP contribution is -2.45. The van der Waals surface area contributed by atoms with Crippen LogP contribution in [0, 0.1) is 5.92 Å². The van der Waals surface area contributed by atoms with Gasteiger partial charge in [0.25, 0.3) is 0 Å². The molecule has 1 saturated carbocycles. The Bertz CT molecular complexity index is 884. The van der Waals surface area contributed by atoms with E-state index in [4.69, 9.17) is 16.7 Å². The maximum atomic E-state index is 13.1. The van der Waals surface area contributed by atoms with Gasteiger partial charge >= 0.3 is 12.0 Å². The zero-order valence-electron chi connectivity index (χ0n) is 17.6. The summed E-state index contributed by atoms with van der Waals surface area (Å²) < 4.78 is 0.775. The molecule has 2 aromatic rings. The maximum Gasteiger partial charge on any atom is 0.323 e. The number of anilines is 1. The minimum absolute atomic E-state index is 0.0224. The van der Waals surface area contributed by atoms with Gasteiger partial charge in [0.15, 0.2) is 5.13 Å². The largest absolute Gasteiger partial charge is 0.481 e. The van der Waals surface area contributed by atoms with Crippen molar-refractivity contribution in [3.8, 4) is 0 Å². The number of carboxylic acid groups (broad SMARTS) is 1. The van der Waals surface area contributed by atoms with E-state index in [0.717, 1.165) is 47.8 Å². The van der Waals surface area contributed by atoms with Crippen molar-refractivity contribution in [1.82, 2.24) is 9.88 Å². The molecule has 0 saturated heterocycles. The van der Waals surface area contributed by atoms with E-state index in [0.29, 0.717) is 17.6 Å². The van der Waals surface area contributed by atoms with Crippen LogP contribution in [0.25, 0.3) is 0 Å². The van der Waals surface area contributed by atoms with Crippen LogP contribution in [-0.4, -0.2) is 45.3 Å². The first-order valence-corrected chi connectivity index (χ1v) is 12.7. The van der Waals surface area contributed by atoms with E-state index in [2.05, 4.69) is 23.3 Å². The Hall–Kier alpha value is -1.77. The number of halogens is 1. The summed E-state index contributed by atoms with van der Waals surface area (Å²) in [5.74, 6) is -0.187. The average molecular weight is 482 g/mol. The normalized spacial score (nSPS) is 18.5. The lowest BCUT2D eigenvalue weighted by Gasteiger charge is -2.36. The molecule has 0 radical (unpaired) electrons. The number of aryl methyl sites for hydroxylation is 1. The Morgan fingerprint density at radius 1 is 1.32 bits per heavy atom. The van der Waals surface area contributed by atoms with Gasteiger partial charge in [0, 0.05) is 17.6 Å². The van der Waals surface area contributed by atoms with Gasteiger partial charge in [-0.1, -0.05) is 42.0 Å². The van der Waals surface area contributed by atoms with Gasteiger partial charge in [-0.3, -0.25) is 10.1 Å². The summed E-state index contributed by atoms with van der Waals surface area (Å²) >= 11 is 8.60. The van der Waals surface area contributed by atoms with Crippen LogP contribution in [0.2, 0.25) is 5.02 Å². The second-order valence-electron chi connectivity index (χ2n) is 7.94. The number of rotatable bonds is 9. The van der Waals surface area contributed by atoms with Crippen molar-refractivity contribution in [3.63, 3.8) is 0 Å². The van der Waals surface area contributed by atoms with Gasteiger partial charge in [-0.25, -0.2) is 9.78 Å². The standard InChI is InChI=1S/C22H28ClN3O3S2/c1-15-7-9-18(10-8-15)26(11-3-5-16-4-2-6-17(23)12-16)22(29)25-21-24-13-20(31-21)30-14-19(27)28/h2,4,6,12-13,15,18H,3,5,7-11,14H2,1H3,(H,27,28)(H,24,25,29). The SMILES string of the molecule is CC1CCC(N(CCCc2cccc(Cl)c2)C(=O)Nc2ncc(SCC(=O)O)s2)CC1. The molecule has 1 aromatic heterocycles. The van der Waals surface area contributed by atoms with E-state index >= 15 is 0 Å². The van der Waals surface area contributed by atoms with Crippen molar-refractivity contribution in [3.05, 3.63) is 41.0 Å². The summed E-state index contributed by atoms with van der Waals surface area (Å²) in [7, 11) is 0. The number of nitrogens with zero attached hydrogens (tertiary/aromatic N) is 2. The number of nitrogens with one attached hydrogen (secondary N) is 1. The third-order valence-electron chi connectivity index (χ3n) is 5.48. The second-order valence-corrected chi connectivity index (χ2v) is 10.7. The molecule has 2 amide bonds. The van der Waals surface area contributed by atoms with Crippen molar-refractivity contribution < 1.29 is 14.7 Å². The van der Waals surface area contributed by atoms with Gasteiger partial charge in [-0.15, -0.1) is 11.8 Å². The molecular formula is C22H28ClN3O3S2. The van der Waals surface area contributed by atoms with Gasteiger partial charge in [0.05, 0.1) is 16.2 Å². The van der Waals surface area contributed by atoms with Crippen LogP contribution in [0.5, 0.6) is 0 Å². The number of aliphatic carboxylic acids is 1. The number of urea groups is 1. The number of carbonyl (C=O) groups excluding carboxylic acids is 1. The molecule has 31 heavy (non-hydrogen) atoms. The summed E-state index contributed by atoms with van der Waals surface area (Å²) in [5, 5.41) is 13.0. The molecule has 2 N–H and O–H groups in total. The van der Waals surface area contributed by atoms with Crippen molar-refractivity contribution in [1.29, 1.82) is 0 Å². The topological polar surface area (TPSA) is 82.5 Å². The molecule has 1 aromatic carbocycles. The van der Waals surface area contributed by atoms with Crippen LogP contribution in [-0.2, 0) is 11.2 Å². The van der Waals surface area contributed by atoms with E-state index in [1.54, 1.807) is 6.20 Å². The minimum Gasteiger partial charge on any atom is -0.481 e. The number of hydrogen-bond donors (Lipinski definition) is 2. The fourth-order valence-corrected chi connectivity index (χ4v) is 5.62. The zero-order chi connectivity index (χ0) is 22.2. The molecule has 1 aliphatic rings. The van der Waals surface area contributed by atoms with Crippen molar-refractivity contribution in [2.75, 3.05) is 17.6 Å². The highest BCUT2D eigenvalue weighted by atomic mass is 35.5. The predicted molar refractivity (Wildman–Crippen MR) is 127 cm³/mol. The Morgan fingerprint density at radius 2 is 2.10 bits per heavy atom. The Labute approximate surface area is 196 Å². The van der Waals surface area contributed by atoms with Crippen LogP contribution in [0.4, 0.5) is 9.93 Å². The molecule has 1 aliphatic carbocycles. The first-order chi connectivity index (χ1) is 14.9. The molecule has 1 heterocycles. The maximum absolute atomic E-state index is 13.1. The number of aromatic nitrogens is 1. The number of amides is 2. The van der Waals surface area contributed by atoms with Crippen LogP contribution in [0.3, 0.4) is 0 Å². The highest BCUT2D eigenvalue weighted by Gasteiger charge is 2.27. The van der Waals surface area contributed by atoms with E-state index in [1.165, 1.54) is 28.7 Å². The van der Waals surface area contributed by atoms with Gasteiger partial charge in [0.2, 0.25) is 0 Å². The van der Waals surface area contributed by atoms with E-state index in [1.807, 2.05) is 23.1 Å². The number of benzene rings is 1. The van der Waals surface area contributed by atoms with Crippen LogP contribution in [0.1, 0.15) is 44.6 Å². The fraction of sp³-hybridized carbons (Fsp3) is 0.500. The number of thioether (sulfide) groups is 1. The molecule has 0 bridgehead atoms. The first-order valence-electron chi connectivity index (χ1n) is 10.5. The summed E-state index contributed by atoms with van der Waals surface area (Å²) in [6.07, 6.45) is 7.64. The Morgan fingerprint density at radius 3 is 2.81 bits per heavy atom. The average Bonchev–Trinajstić information content (AvgIpc) is 3.18. The Kier molecular flexibility index (Phi) is 9.04. The lowest BCUT2D eigenvalue weighted by atomic mass is 9.86. The van der Waals surface area contributed by atoms with E-state index < -0.39 is 5.97 Å². The number of hydrogen-bond acceptors (Lipinski definition) is 5. The fourth-order valence-electron chi connectivity index (χ4n) is 3.83. The zero-order valence-corrected chi connectivity index (χ0v) is 19.9. The molecule has 0 aliphatic heterocycles. The number of carboxylic acids is 1. The van der Waals surface area contributed by atoms with Crippen LogP contribution >= 0.6 is 34.7 Å². The summed E-state index contributed by atoms with van der Waals surface area (Å²) in [5.41, 5.74) is 1.17. The summed E-state index contributed by atoms with van der Waals surface area (Å²) in [6.45, 7) is 2.94. The van der Waals surface area contributed by atoms with Crippen LogP contribution in [0.15, 0.2) is 34.7 Å². The quantitative estimate of drug-likeness (QED) is 0.428. The molecule has 9 heteroatoms. The van der Waals surface area contributed by atoms with E-state index in [9.17, 15) is 9.59 Å². The van der Waals surface area contributed by atoms with Gasteiger partial charge in [-0.2, -0.15) is 0 Å². The molecule has 6 nitrogen and oxygen atoms in total. The molecule has 3 rings (SSSR count). The molecule has 0 unspecified atom stereocenters. The molecule has 1 fully saturated rings. The minimum atomic E-state index is -0.874. The number of carbonyl (C=O) groups is 2. The second kappa shape index (κ2) is 11.7. The van der Waals surface area contributed by atoms with Crippen LogP contribution < -0.4 is 5.32 Å². The summed E-state index contributed by atoms with van der Waals surface area (Å²) in [4.78, 5) is 30.1. The first kappa shape index (κ1) is 23.9. The van der Waals surface area contributed by atoms with Crippen molar-refractivity contribution in [2.24, 2.45) is 5.92 Å². The monoisotopic (exact) mass is 481 g/mol. The lowest BCUT2D eigenvalue weighted by molar-refractivity contribution is -0.133. The molecule has 0 atom stereocenters. The highest BCUT2D eigenvalue weighted by Crippen LogP contribution is 2.30. The third-order valence-corrected chi connectivity index (χ3v) is 7.80. The van der Waals surface area contributed by atoms with Gasteiger partial charge < -0.3 is 10.0 Å².